The Morgan fingerprint density at radius 2 is 2.11 bits per heavy atom. The molecule has 3 rings (SSSR count). The molecule has 0 fully saturated rings. The van der Waals surface area contributed by atoms with Gasteiger partial charge in [-0.2, -0.15) is 0 Å². The molecule has 1 atom stereocenters. The molecule has 2 nitrogen and oxygen atoms in total. The molecule has 1 heterocycles. The second kappa shape index (κ2) is 5.53. The zero-order valence-corrected chi connectivity index (χ0v) is 12.1. The second-order valence-electron chi connectivity index (χ2n) is 4.87. The lowest BCUT2D eigenvalue weighted by Crippen LogP contribution is -2.15. The van der Waals surface area contributed by atoms with E-state index in [9.17, 15) is 0 Å². The molecular formula is C15H16ClNOS. The number of hydrogen-bond donors (Lipinski definition) is 2. The van der Waals surface area contributed by atoms with E-state index in [2.05, 4.69) is 11.4 Å². The average Bonchev–Trinajstić information content (AvgIpc) is 2.81. The monoisotopic (exact) mass is 293 g/mol. The number of hydrogen-bond acceptors (Lipinski definition) is 3. The maximum atomic E-state index is 9.05. The van der Waals surface area contributed by atoms with Crippen LogP contribution in [0.1, 0.15) is 34.9 Å². The number of rotatable bonds is 3. The molecule has 0 aliphatic heterocycles. The molecule has 100 valence electrons. The van der Waals surface area contributed by atoms with Crippen LogP contribution in [0.15, 0.2) is 30.3 Å². The lowest BCUT2D eigenvalue weighted by Gasteiger charge is -2.24. The van der Waals surface area contributed by atoms with Crippen LogP contribution in [-0.4, -0.2) is 5.11 Å². The maximum Gasteiger partial charge on any atom is 0.0934 e. The Morgan fingerprint density at radius 3 is 2.84 bits per heavy atom. The fourth-order valence-electron chi connectivity index (χ4n) is 2.58. The van der Waals surface area contributed by atoms with Crippen molar-refractivity contribution >= 4 is 28.6 Å². The van der Waals surface area contributed by atoms with Crippen LogP contribution in [0.5, 0.6) is 0 Å². The van der Waals surface area contributed by atoms with Gasteiger partial charge < -0.3 is 10.4 Å². The van der Waals surface area contributed by atoms with E-state index in [0.717, 1.165) is 28.4 Å². The topological polar surface area (TPSA) is 32.3 Å². The summed E-state index contributed by atoms with van der Waals surface area (Å²) in [6, 6.07) is 10.4. The smallest absolute Gasteiger partial charge is 0.0934 e. The maximum absolute atomic E-state index is 9.05. The molecule has 0 amide bonds. The standard InChI is InChI=1S/C15H16ClNOS/c16-15-8-12-13(2-1-3-14(12)19-15)17-11-6-4-10(9-18)5-7-11/h4-8,13,17-18H,1-3,9H2. The van der Waals surface area contributed by atoms with E-state index in [4.69, 9.17) is 16.7 Å². The van der Waals surface area contributed by atoms with Gasteiger partial charge in [-0.15, -0.1) is 11.3 Å². The predicted octanol–water partition coefficient (Wildman–Crippen LogP) is 4.38. The molecule has 1 aliphatic rings. The summed E-state index contributed by atoms with van der Waals surface area (Å²) in [6.07, 6.45) is 3.49. The Bertz CT molecular complexity index is 564. The molecule has 1 unspecified atom stereocenters. The number of aliphatic hydroxyl groups is 1. The van der Waals surface area contributed by atoms with Crippen molar-refractivity contribution in [1.82, 2.24) is 0 Å². The van der Waals surface area contributed by atoms with Crippen LogP contribution >= 0.6 is 22.9 Å². The Morgan fingerprint density at radius 1 is 1.32 bits per heavy atom. The number of aryl methyl sites for hydroxylation is 1. The van der Waals surface area contributed by atoms with Crippen LogP contribution in [0.4, 0.5) is 5.69 Å². The first-order valence-corrected chi connectivity index (χ1v) is 7.70. The van der Waals surface area contributed by atoms with Gasteiger partial charge in [0.15, 0.2) is 0 Å². The molecule has 4 heteroatoms. The normalized spacial score (nSPS) is 18.1. The highest BCUT2D eigenvalue weighted by Gasteiger charge is 2.22. The SMILES string of the molecule is OCc1ccc(NC2CCCc3sc(Cl)cc32)cc1. The van der Waals surface area contributed by atoms with E-state index < -0.39 is 0 Å². The van der Waals surface area contributed by atoms with Gasteiger partial charge in [0.1, 0.15) is 0 Å². The van der Waals surface area contributed by atoms with Gasteiger partial charge in [0.25, 0.3) is 0 Å². The highest BCUT2D eigenvalue weighted by molar-refractivity contribution is 7.16. The first kappa shape index (κ1) is 13.0. The molecule has 0 spiro atoms. The predicted molar refractivity (Wildman–Crippen MR) is 81.0 cm³/mol. The summed E-state index contributed by atoms with van der Waals surface area (Å²) in [5.74, 6) is 0. The highest BCUT2D eigenvalue weighted by atomic mass is 35.5. The number of halogens is 1. The van der Waals surface area contributed by atoms with Gasteiger partial charge in [-0.05, 0) is 48.6 Å². The van der Waals surface area contributed by atoms with Crippen molar-refractivity contribution in [2.45, 2.75) is 31.9 Å². The molecule has 0 radical (unpaired) electrons. The first-order chi connectivity index (χ1) is 9.26. The Labute approximate surface area is 122 Å². The minimum Gasteiger partial charge on any atom is -0.392 e. The van der Waals surface area contributed by atoms with Crippen LogP contribution in [0.25, 0.3) is 0 Å². The van der Waals surface area contributed by atoms with Gasteiger partial charge in [-0.3, -0.25) is 0 Å². The Hall–Kier alpha value is -1.03. The molecular weight excluding hydrogens is 278 g/mol. The molecule has 0 saturated heterocycles. The number of benzene rings is 1. The van der Waals surface area contributed by atoms with E-state index >= 15 is 0 Å². The van der Waals surface area contributed by atoms with Crippen molar-refractivity contribution in [2.75, 3.05) is 5.32 Å². The van der Waals surface area contributed by atoms with Crippen molar-refractivity contribution in [3.63, 3.8) is 0 Å². The summed E-state index contributed by atoms with van der Waals surface area (Å²) in [7, 11) is 0. The van der Waals surface area contributed by atoms with Crippen LogP contribution in [0, 0.1) is 0 Å². The Kier molecular flexibility index (Phi) is 3.78. The third-order valence-corrected chi connectivity index (χ3v) is 4.90. The van der Waals surface area contributed by atoms with Crippen molar-refractivity contribution in [2.24, 2.45) is 0 Å². The third-order valence-electron chi connectivity index (χ3n) is 3.56. The van der Waals surface area contributed by atoms with Gasteiger partial charge in [-0.25, -0.2) is 0 Å². The minimum absolute atomic E-state index is 0.0913. The molecule has 0 bridgehead atoms. The summed E-state index contributed by atoms with van der Waals surface area (Å²) in [4.78, 5) is 1.42. The van der Waals surface area contributed by atoms with Crippen LogP contribution in [0.3, 0.4) is 0 Å². The molecule has 1 aliphatic carbocycles. The van der Waals surface area contributed by atoms with Crippen LogP contribution < -0.4 is 5.32 Å². The molecule has 1 aromatic heterocycles. The average molecular weight is 294 g/mol. The zero-order chi connectivity index (χ0) is 13.2. The van der Waals surface area contributed by atoms with Gasteiger partial charge in [-0.1, -0.05) is 23.7 Å². The number of fused-ring (bicyclic) bond motifs is 1. The zero-order valence-electron chi connectivity index (χ0n) is 10.5. The van der Waals surface area contributed by atoms with Crippen LogP contribution in [0.2, 0.25) is 4.34 Å². The quantitative estimate of drug-likeness (QED) is 0.880. The molecule has 19 heavy (non-hydrogen) atoms. The Balaban J connectivity index is 1.79. The van der Waals surface area contributed by atoms with Crippen LogP contribution in [-0.2, 0) is 13.0 Å². The van der Waals surface area contributed by atoms with Gasteiger partial charge in [0.2, 0.25) is 0 Å². The van der Waals surface area contributed by atoms with Gasteiger partial charge >= 0.3 is 0 Å². The van der Waals surface area contributed by atoms with Crippen molar-refractivity contribution < 1.29 is 5.11 Å². The molecule has 0 saturated carbocycles. The fraction of sp³-hybridized carbons (Fsp3) is 0.333. The first-order valence-electron chi connectivity index (χ1n) is 6.50. The highest BCUT2D eigenvalue weighted by Crippen LogP contribution is 2.39. The van der Waals surface area contributed by atoms with E-state index in [0.29, 0.717) is 6.04 Å². The van der Waals surface area contributed by atoms with Crippen molar-refractivity contribution in [1.29, 1.82) is 0 Å². The lowest BCUT2D eigenvalue weighted by molar-refractivity contribution is 0.282. The number of thiophene rings is 1. The van der Waals surface area contributed by atoms with E-state index in [1.54, 1.807) is 11.3 Å². The third kappa shape index (κ3) is 2.78. The summed E-state index contributed by atoms with van der Waals surface area (Å²) in [6.45, 7) is 0.0913. The molecule has 2 N–H and O–H groups in total. The molecule has 2 aromatic rings. The van der Waals surface area contributed by atoms with Gasteiger partial charge in [0.05, 0.1) is 17.0 Å². The lowest BCUT2D eigenvalue weighted by atomic mass is 9.94. The minimum atomic E-state index is 0.0913. The summed E-state index contributed by atoms with van der Waals surface area (Å²) in [5.41, 5.74) is 3.39. The van der Waals surface area contributed by atoms with E-state index in [-0.39, 0.29) is 6.61 Å². The second-order valence-corrected chi connectivity index (χ2v) is 6.64. The largest absolute Gasteiger partial charge is 0.392 e. The van der Waals surface area contributed by atoms with Crippen molar-refractivity contribution in [3.8, 4) is 0 Å². The summed E-state index contributed by atoms with van der Waals surface area (Å²) >= 11 is 7.82. The van der Waals surface area contributed by atoms with E-state index in [1.807, 2.05) is 24.3 Å². The van der Waals surface area contributed by atoms with Gasteiger partial charge in [0, 0.05) is 10.6 Å². The molecule has 1 aromatic carbocycles. The fourth-order valence-corrected chi connectivity index (χ4v) is 3.96. The number of aliphatic hydroxyl groups excluding tert-OH is 1. The number of nitrogens with one attached hydrogen (secondary N) is 1. The summed E-state index contributed by atoms with van der Waals surface area (Å²) < 4.78 is 0.884. The summed E-state index contributed by atoms with van der Waals surface area (Å²) in [5, 5.41) is 12.6. The van der Waals surface area contributed by atoms with Crippen molar-refractivity contribution in [3.05, 3.63) is 50.7 Å². The number of anilines is 1. The van der Waals surface area contributed by atoms with E-state index in [1.165, 1.54) is 16.9 Å².